The van der Waals surface area contributed by atoms with E-state index in [1.165, 1.54) is 12.8 Å². The molecule has 0 aromatic heterocycles. The van der Waals surface area contributed by atoms with Crippen molar-refractivity contribution in [1.29, 1.82) is 0 Å². The number of hydrogen-bond acceptors (Lipinski definition) is 4. The lowest BCUT2D eigenvalue weighted by molar-refractivity contribution is -0.137. The molecule has 0 aromatic carbocycles. The summed E-state index contributed by atoms with van der Waals surface area (Å²) in [4.78, 5) is 21.8. The molecule has 0 spiro atoms. The third-order valence-corrected chi connectivity index (χ3v) is 6.26. The van der Waals surface area contributed by atoms with Crippen molar-refractivity contribution < 1.29 is 9.53 Å². The molecule has 30 heavy (non-hydrogen) atoms. The fourth-order valence-electron chi connectivity index (χ4n) is 4.42. The number of amides is 1. The summed E-state index contributed by atoms with van der Waals surface area (Å²) in [6.07, 6.45) is 5.85. The third kappa shape index (κ3) is 8.42. The van der Waals surface area contributed by atoms with Gasteiger partial charge in [0, 0.05) is 64.9 Å². The van der Waals surface area contributed by atoms with Crippen molar-refractivity contribution in [3.63, 3.8) is 0 Å². The number of carbonyl (C=O) groups excluding carboxylic acids is 1. The molecule has 1 amide bonds. The van der Waals surface area contributed by atoms with E-state index in [1.807, 2.05) is 0 Å². The van der Waals surface area contributed by atoms with E-state index in [1.54, 1.807) is 0 Å². The summed E-state index contributed by atoms with van der Waals surface area (Å²) < 4.78 is 5.82. The maximum absolute atomic E-state index is 12.6. The minimum atomic E-state index is 0.268. The van der Waals surface area contributed by atoms with E-state index in [4.69, 9.17) is 9.73 Å². The van der Waals surface area contributed by atoms with Gasteiger partial charge in [-0.2, -0.15) is 0 Å². The van der Waals surface area contributed by atoms with Crippen LogP contribution in [0.25, 0.3) is 0 Å². The molecule has 2 rings (SSSR count). The monoisotopic (exact) mass is 423 g/mol. The topological polar surface area (TPSA) is 69.2 Å². The van der Waals surface area contributed by atoms with Crippen LogP contribution < -0.4 is 10.6 Å². The van der Waals surface area contributed by atoms with Crippen LogP contribution in [0.3, 0.4) is 0 Å². The van der Waals surface area contributed by atoms with Crippen LogP contribution in [0.5, 0.6) is 0 Å². The van der Waals surface area contributed by atoms with Crippen molar-refractivity contribution in [3.8, 4) is 0 Å². The largest absolute Gasteiger partial charge is 0.378 e. The predicted molar refractivity (Wildman–Crippen MR) is 124 cm³/mol. The van der Waals surface area contributed by atoms with Crippen LogP contribution in [0.1, 0.15) is 59.8 Å². The van der Waals surface area contributed by atoms with Crippen molar-refractivity contribution in [3.05, 3.63) is 0 Å². The maximum atomic E-state index is 12.6. The summed E-state index contributed by atoms with van der Waals surface area (Å²) in [5.74, 6) is 2.09. The second kappa shape index (κ2) is 13.9. The summed E-state index contributed by atoms with van der Waals surface area (Å²) in [6, 6.07) is 0. The summed E-state index contributed by atoms with van der Waals surface area (Å²) >= 11 is 0. The molecule has 1 atom stereocenters. The highest BCUT2D eigenvalue weighted by Crippen LogP contribution is 2.26. The van der Waals surface area contributed by atoms with Crippen LogP contribution in [-0.2, 0) is 9.53 Å². The van der Waals surface area contributed by atoms with Gasteiger partial charge in [0.2, 0.25) is 5.91 Å². The highest BCUT2D eigenvalue weighted by atomic mass is 16.5. The van der Waals surface area contributed by atoms with E-state index >= 15 is 0 Å². The number of guanidine groups is 1. The zero-order valence-corrected chi connectivity index (χ0v) is 19.8. The number of aliphatic imine (C=N–C) groups is 1. The second-order valence-corrected chi connectivity index (χ2v) is 8.86. The Morgan fingerprint density at radius 2 is 1.80 bits per heavy atom. The number of carbonyl (C=O) groups is 1. The molecule has 0 radical (unpaired) electrons. The molecular formula is C23H45N5O2. The lowest BCUT2D eigenvalue weighted by Gasteiger charge is -2.36. The van der Waals surface area contributed by atoms with Crippen LogP contribution in [0, 0.1) is 11.8 Å². The third-order valence-electron chi connectivity index (χ3n) is 6.26. The highest BCUT2D eigenvalue weighted by Gasteiger charge is 2.29. The predicted octanol–water partition coefficient (Wildman–Crippen LogP) is 2.33. The van der Waals surface area contributed by atoms with Crippen LogP contribution in [0.15, 0.2) is 4.99 Å². The van der Waals surface area contributed by atoms with Gasteiger partial charge in [0.1, 0.15) is 0 Å². The number of ether oxygens (including phenoxy) is 1. The summed E-state index contributed by atoms with van der Waals surface area (Å²) in [7, 11) is 0. The molecule has 2 N–H and O–H groups in total. The van der Waals surface area contributed by atoms with Crippen LogP contribution in [0.4, 0.5) is 0 Å². The van der Waals surface area contributed by atoms with Crippen molar-refractivity contribution in [2.24, 2.45) is 16.8 Å². The van der Waals surface area contributed by atoms with E-state index < -0.39 is 0 Å². The standard InChI is InChI=1S/C23H45N5O2/c1-5-24-23(25-12-11-21(19(3)4)30-6-2)26-13-14-27-15-17-28(18-16-27)22(29)20-9-7-8-10-20/h19-21H,5-18H2,1-4H3,(H2,24,25,26). The van der Waals surface area contributed by atoms with Gasteiger partial charge in [-0.05, 0) is 39.0 Å². The first-order valence-electron chi connectivity index (χ1n) is 12.2. The molecule has 0 bridgehead atoms. The minimum Gasteiger partial charge on any atom is -0.378 e. The van der Waals surface area contributed by atoms with Gasteiger partial charge in [0.05, 0.1) is 6.10 Å². The number of rotatable bonds is 11. The smallest absolute Gasteiger partial charge is 0.225 e. The number of nitrogens with one attached hydrogen (secondary N) is 2. The average Bonchev–Trinajstić information content (AvgIpc) is 3.28. The molecule has 1 heterocycles. The average molecular weight is 424 g/mol. The fraction of sp³-hybridized carbons (Fsp3) is 0.913. The first-order chi connectivity index (χ1) is 14.5. The lowest BCUT2D eigenvalue weighted by atomic mass is 10.0. The zero-order valence-electron chi connectivity index (χ0n) is 19.8. The SMILES string of the molecule is CCNC(=NCCC(OCC)C(C)C)NCCN1CCN(C(=O)C2CCCC2)CC1. The van der Waals surface area contributed by atoms with Gasteiger partial charge in [-0.25, -0.2) is 0 Å². The Labute approximate surface area is 184 Å². The Bertz CT molecular complexity index is 512. The van der Waals surface area contributed by atoms with Crippen molar-refractivity contribution in [2.45, 2.75) is 65.9 Å². The van der Waals surface area contributed by atoms with Gasteiger partial charge in [-0.3, -0.25) is 14.7 Å². The molecule has 0 aromatic rings. The van der Waals surface area contributed by atoms with Crippen LogP contribution in [0.2, 0.25) is 0 Å². The lowest BCUT2D eigenvalue weighted by Crippen LogP contribution is -2.51. The first-order valence-corrected chi connectivity index (χ1v) is 12.2. The summed E-state index contributed by atoms with van der Waals surface area (Å²) in [6.45, 7) is 16.4. The molecule has 2 fully saturated rings. The van der Waals surface area contributed by atoms with Gasteiger partial charge in [-0.1, -0.05) is 26.7 Å². The zero-order chi connectivity index (χ0) is 21.8. The minimum absolute atomic E-state index is 0.268. The second-order valence-electron chi connectivity index (χ2n) is 8.86. The summed E-state index contributed by atoms with van der Waals surface area (Å²) in [5, 5.41) is 6.79. The Morgan fingerprint density at radius 3 is 2.40 bits per heavy atom. The van der Waals surface area contributed by atoms with Gasteiger partial charge < -0.3 is 20.3 Å². The Morgan fingerprint density at radius 1 is 1.10 bits per heavy atom. The molecule has 1 saturated heterocycles. The Kier molecular flexibility index (Phi) is 11.5. The van der Waals surface area contributed by atoms with E-state index in [-0.39, 0.29) is 6.10 Å². The molecule has 1 unspecified atom stereocenters. The molecule has 1 saturated carbocycles. The Balaban J connectivity index is 1.67. The molecule has 7 heteroatoms. The first kappa shape index (κ1) is 24.9. The molecule has 2 aliphatic rings. The van der Waals surface area contributed by atoms with Crippen molar-refractivity contribution >= 4 is 11.9 Å². The van der Waals surface area contributed by atoms with Gasteiger partial charge in [0.25, 0.3) is 0 Å². The highest BCUT2D eigenvalue weighted by molar-refractivity contribution is 5.80. The molecule has 174 valence electrons. The van der Waals surface area contributed by atoms with E-state index in [9.17, 15) is 4.79 Å². The van der Waals surface area contributed by atoms with E-state index in [0.29, 0.717) is 17.7 Å². The molecule has 1 aliphatic heterocycles. The molecule has 1 aliphatic carbocycles. The van der Waals surface area contributed by atoms with Gasteiger partial charge in [-0.15, -0.1) is 0 Å². The Hall–Kier alpha value is -1.34. The van der Waals surface area contributed by atoms with E-state index in [2.05, 4.69) is 48.1 Å². The number of piperazine rings is 1. The van der Waals surface area contributed by atoms with E-state index in [0.717, 1.165) is 84.2 Å². The van der Waals surface area contributed by atoms with Crippen LogP contribution in [-0.4, -0.2) is 86.7 Å². The van der Waals surface area contributed by atoms with Gasteiger partial charge >= 0.3 is 0 Å². The van der Waals surface area contributed by atoms with Crippen LogP contribution >= 0.6 is 0 Å². The molecular weight excluding hydrogens is 378 g/mol. The maximum Gasteiger partial charge on any atom is 0.225 e. The molecule has 7 nitrogen and oxygen atoms in total. The fourth-order valence-corrected chi connectivity index (χ4v) is 4.42. The van der Waals surface area contributed by atoms with Crippen molar-refractivity contribution in [2.75, 3.05) is 59.0 Å². The normalized spacial score (nSPS) is 20.0. The summed E-state index contributed by atoms with van der Waals surface area (Å²) in [5.41, 5.74) is 0. The van der Waals surface area contributed by atoms with Crippen molar-refractivity contribution in [1.82, 2.24) is 20.4 Å². The number of nitrogens with zero attached hydrogens (tertiary/aromatic N) is 3. The number of hydrogen-bond donors (Lipinski definition) is 2. The van der Waals surface area contributed by atoms with Gasteiger partial charge in [0.15, 0.2) is 5.96 Å². The quantitative estimate of drug-likeness (QED) is 0.394.